The molecule has 0 amide bonds. The van der Waals surface area contributed by atoms with Crippen LogP contribution in [-0.2, 0) is 9.59 Å². The van der Waals surface area contributed by atoms with Crippen LogP contribution in [0.1, 0.15) is 13.8 Å². The van der Waals surface area contributed by atoms with Gasteiger partial charge in [0.2, 0.25) is 0 Å². The molecule has 0 fully saturated rings. The quantitative estimate of drug-likeness (QED) is 0.375. The second-order valence-electron chi connectivity index (χ2n) is 4.55. The minimum Gasteiger partial charge on any atom is -0.427 e. The van der Waals surface area contributed by atoms with E-state index in [1.807, 2.05) is 30.3 Å². The van der Waals surface area contributed by atoms with Crippen LogP contribution in [0.3, 0.4) is 0 Å². The fourth-order valence-electron chi connectivity index (χ4n) is 1.77. The molecule has 0 saturated carbocycles. The monoisotopic (exact) mass is 286 g/mol. The van der Waals surface area contributed by atoms with Crippen LogP contribution in [0.4, 0.5) is 0 Å². The van der Waals surface area contributed by atoms with E-state index in [1.54, 1.807) is 13.0 Å². The number of carbonyl (C=O) groups excluding carboxylic acids is 2. The van der Waals surface area contributed by atoms with Gasteiger partial charge in [0.1, 0.15) is 5.75 Å². The van der Waals surface area contributed by atoms with Gasteiger partial charge in [-0.3, -0.25) is 9.59 Å². The number of esters is 1. The molecule has 0 spiro atoms. The molecule has 2 aromatic carbocycles. The Hall–Kier alpha value is -1.99. The van der Waals surface area contributed by atoms with E-state index in [9.17, 15) is 9.59 Å². The fourth-order valence-corrected chi connectivity index (χ4v) is 2.64. The van der Waals surface area contributed by atoms with Gasteiger partial charge in [0, 0.05) is 6.92 Å². The van der Waals surface area contributed by atoms with Gasteiger partial charge in [0.05, 0.1) is 0 Å². The van der Waals surface area contributed by atoms with Crippen LogP contribution in [-0.4, -0.2) is 11.5 Å². The summed E-state index contributed by atoms with van der Waals surface area (Å²) in [5, 5.41) is 2.96. The average molecular weight is 286 g/mol. The first-order chi connectivity index (χ1) is 9.45. The van der Waals surface area contributed by atoms with E-state index in [-0.39, 0.29) is 20.1 Å². The number of hydrogen-bond donors (Lipinski definition) is 0. The second kappa shape index (κ2) is 5.98. The van der Waals surface area contributed by atoms with Crippen LogP contribution in [0.2, 0.25) is 0 Å². The Morgan fingerprint density at radius 1 is 1.05 bits per heavy atom. The van der Waals surface area contributed by atoms with Crippen LogP contribution in [0.5, 0.6) is 5.75 Å². The Kier molecular flexibility index (Phi) is 4.31. The molecule has 1 atom stereocenters. The Bertz CT molecular complexity index is 704. The van der Waals surface area contributed by atoms with Crippen LogP contribution in [0.25, 0.3) is 10.8 Å². The number of ether oxygens (including phenoxy) is 1. The van der Waals surface area contributed by atoms with Crippen molar-refractivity contribution in [1.29, 1.82) is 0 Å². The van der Waals surface area contributed by atoms with Crippen molar-refractivity contribution in [1.82, 2.24) is 0 Å². The molecule has 0 radical (unpaired) electrons. The lowest BCUT2D eigenvalue weighted by Gasteiger charge is -2.06. The van der Waals surface area contributed by atoms with E-state index in [2.05, 4.69) is 6.58 Å². The average Bonchev–Trinajstić information content (AvgIpc) is 2.38. The third-order valence-electron chi connectivity index (χ3n) is 2.72. The first-order valence-electron chi connectivity index (χ1n) is 6.15. The molecule has 2 aromatic rings. The largest absolute Gasteiger partial charge is 0.427 e. The zero-order valence-corrected chi connectivity index (χ0v) is 12.4. The molecule has 0 saturated heterocycles. The molecule has 4 heteroatoms. The topological polar surface area (TPSA) is 43.4 Å². The Balaban J connectivity index is 2.29. The summed E-state index contributed by atoms with van der Waals surface area (Å²) in [4.78, 5) is 22.6. The number of fused-ring (bicyclic) bond motifs is 1. The summed E-state index contributed by atoms with van der Waals surface area (Å²) >= 11 is 0. The molecule has 0 N–H and O–H groups in total. The molecular weight excluding hydrogens is 271 g/mol. The van der Waals surface area contributed by atoms with Crippen LogP contribution in [0.15, 0.2) is 48.6 Å². The van der Waals surface area contributed by atoms with Gasteiger partial charge in [0.25, 0.3) is 0 Å². The minimum absolute atomic E-state index is 0.0703. The van der Waals surface area contributed by atoms with E-state index >= 15 is 0 Å². The Morgan fingerprint density at radius 2 is 1.70 bits per heavy atom. The van der Waals surface area contributed by atoms with Crippen molar-refractivity contribution in [2.45, 2.75) is 13.8 Å². The smallest absolute Gasteiger partial charge is 0.308 e. The van der Waals surface area contributed by atoms with Crippen molar-refractivity contribution in [3.05, 3.63) is 48.6 Å². The van der Waals surface area contributed by atoms with Crippen molar-refractivity contribution < 1.29 is 14.3 Å². The molecule has 3 nitrogen and oxygen atoms in total. The van der Waals surface area contributed by atoms with E-state index in [0.717, 1.165) is 16.1 Å². The maximum absolute atomic E-state index is 11.7. The van der Waals surface area contributed by atoms with Crippen LogP contribution in [0, 0.1) is 0 Å². The molecule has 0 heterocycles. The highest BCUT2D eigenvalue weighted by Gasteiger charge is 2.06. The molecule has 102 valence electrons. The van der Waals surface area contributed by atoms with Crippen LogP contribution >= 0.6 is 8.58 Å². The summed E-state index contributed by atoms with van der Waals surface area (Å²) in [6.07, 6.45) is 0. The summed E-state index contributed by atoms with van der Waals surface area (Å²) in [7, 11) is 0.0916. The van der Waals surface area contributed by atoms with Gasteiger partial charge in [-0.1, -0.05) is 24.8 Å². The highest BCUT2D eigenvalue weighted by atomic mass is 31.1. The molecular formula is C16H15O3P. The molecule has 0 aliphatic rings. The second-order valence-corrected chi connectivity index (χ2v) is 5.83. The number of carbonyl (C=O) groups is 2. The number of allylic oxidation sites excluding steroid dienone is 1. The summed E-state index contributed by atoms with van der Waals surface area (Å²) in [5.74, 6) is 0.188. The van der Waals surface area contributed by atoms with Gasteiger partial charge in [-0.25, -0.2) is 0 Å². The van der Waals surface area contributed by atoms with Gasteiger partial charge >= 0.3 is 5.97 Å². The molecule has 2 rings (SSSR count). The van der Waals surface area contributed by atoms with Gasteiger partial charge in [-0.2, -0.15) is 0 Å². The summed E-state index contributed by atoms with van der Waals surface area (Å²) < 4.78 is 5.05. The van der Waals surface area contributed by atoms with Gasteiger partial charge in [-0.15, -0.1) is 0 Å². The molecule has 20 heavy (non-hydrogen) atoms. The Labute approximate surface area is 119 Å². The zero-order chi connectivity index (χ0) is 14.7. The van der Waals surface area contributed by atoms with Crippen LogP contribution < -0.4 is 10.0 Å². The Morgan fingerprint density at radius 3 is 2.35 bits per heavy atom. The maximum atomic E-state index is 11.7. The van der Waals surface area contributed by atoms with Crippen molar-refractivity contribution in [3.63, 3.8) is 0 Å². The van der Waals surface area contributed by atoms with E-state index in [1.165, 1.54) is 6.92 Å². The summed E-state index contributed by atoms with van der Waals surface area (Å²) in [6.45, 7) is 6.76. The van der Waals surface area contributed by atoms with Crippen molar-refractivity contribution in [3.8, 4) is 5.75 Å². The molecule has 0 aromatic heterocycles. The summed E-state index contributed by atoms with van der Waals surface area (Å²) in [5.41, 5.74) is 0.648. The zero-order valence-electron chi connectivity index (χ0n) is 11.4. The third-order valence-corrected chi connectivity index (χ3v) is 3.97. The van der Waals surface area contributed by atoms with E-state index in [4.69, 9.17) is 4.74 Å². The number of rotatable bonds is 4. The SMILES string of the molecule is C=C(C)C(=O)Pc1ccc2cc(OC(C)=O)ccc2c1. The number of hydrogen-bond acceptors (Lipinski definition) is 3. The lowest BCUT2D eigenvalue weighted by atomic mass is 10.1. The first kappa shape index (κ1) is 14.4. The predicted octanol–water partition coefficient (Wildman–Crippen LogP) is 3.17. The van der Waals surface area contributed by atoms with Crippen molar-refractivity contribution >= 4 is 36.2 Å². The fraction of sp³-hybridized carbons (Fsp3) is 0.125. The third kappa shape index (κ3) is 3.52. The number of benzene rings is 2. The normalized spacial score (nSPS) is 10.9. The standard InChI is InChI=1S/C16H15O3P/c1-10(2)16(18)20-15-7-5-12-8-14(19-11(3)17)6-4-13(12)9-15/h4-9,20H,1H2,2-3H3. The molecule has 0 bridgehead atoms. The summed E-state index contributed by atoms with van der Waals surface area (Å²) in [6, 6.07) is 11.3. The first-order valence-corrected chi connectivity index (χ1v) is 7.15. The van der Waals surface area contributed by atoms with Gasteiger partial charge in [0.15, 0.2) is 5.52 Å². The van der Waals surface area contributed by atoms with Crippen molar-refractivity contribution in [2.24, 2.45) is 0 Å². The predicted molar refractivity (Wildman–Crippen MR) is 83.0 cm³/mol. The lowest BCUT2D eigenvalue weighted by Crippen LogP contribution is -2.02. The highest BCUT2D eigenvalue weighted by Crippen LogP contribution is 2.23. The van der Waals surface area contributed by atoms with Crippen molar-refractivity contribution in [2.75, 3.05) is 0 Å². The van der Waals surface area contributed by atoms with E-state index < -0.39 is 0 Å². The van der Waals surface area contributed by atoms with Gasteiger partial charge < -0.3 is 4.74 Å². The molecule has 0 aliphatic carbocycles. The minimum atomic E-state index is -0.338. The lowest BCUT2D eigenvalue weighted by molar-refractivity contribution is -0.131. The maximum Gasteiger partial charge on any atom is 0.308 e. The molecule has 0 aliphatic heterocycles. The van der Waals surface area contributed by atoms with E-state index in [0.29, 0.717) is 11.3 Å². The highest BCUT2D eigenvalue weighted by molar-refractivity contribution is 7.66. The molecule has 1 unspecified atom stereocenters. The van der Waals surface area contributed by atoms with Gasteiger partial charge in [-0.05, 0) is 55.4 Å².